The average Bonchev–Trinajstić information content (AvgIpc) is 4.11. The zero-order chi connectivity index (χ0) is 61.1. The number of hydrogen-bond acceptors (Lipinski definition) is 11. The van der Waals surface area contributed by atoms with E-state index in [1.165, 1.54) is 45.0 Å². The lowest BCUT2D eigenvalue weighted by molar-refractivity contribution is 0.276. The lowest BCUT2D eigenvalue weighted by Crippen LogP contribution is -2.05. The molecule has 0 radical (unpaired) electrons. The van der Waals surface area contributed by atoms with Gasteiger partial charge in [0.1, 0.15) is 28.7 Å². The van der Waals surface area contributed by atoms with Gasteiger partial charge in [-0.25, -0.2) is 0 Å². The first-order valence-electron chi connectivity index (χ1n) is 29.3. The van der Waals surface area contributed by atoms with Crippen molar-refractivity contribution in [2.24, 2.45) is 14.1 Å². The first-order chi connectivity index (χ1) is 39.7. The molecule has 0 bridgehead atoms. The molecule has 16 heteroatoms. The minimum absolute atomic E-state index is 0.102. The van der Waals surface area contributed by atoms with Crippen LogP contribution in [0.5, 0.6) is 28.7 Å². The first kappa shape index (κ1) is 63.9. The Balaban J connectivity index is 0.000000167. The molecule has 5 aromatic heterocycles. The predicted octanol–water partition coefficient (Wildman–Crippen LogP) is 14.1. The van der Waals surface area contributed by atoms with Crippen LogP contribution >= 0.6 is 0 Å². The van der Waals surface area contributed by atoms with Crippen LogP contribution in [0, 0.1) is 48.5 Å². The second-order valence-electron chi connectivity index (χ2n) is 20.6. The minimum atomic E-state index is 0.102. The molecule has 0 aliphatic heterocycles. The number of hydrogen-bond donors (Lipinski definition) is 8. The number of aliphatic hydroxyl groups is 1. The van der Waals surface area contributed by atoms with Crippen molar-refractivity contribution in [3.8, 4) is 28.7 Å². The summed E-state index contributed by atoms with van der Waals surface area (Å²) in [6, 6.07) is 19.2. The summed E-state index contributed by atoms with van der Waals surface area (Å²) in [6.07, 6.45) is 2.94. The standard InChI is InChI=1S/C14H20N2O2.C14H20N2O.3C13H18N2O/c1-4-18-12-6-5-11(15)13-9(2)10(3)16(7-8-17)14(12)13;1-5-10-9(3)16(4)14-12(17-6-2)8-7-11(15)13(10)14;1-5-16-11-7-6-10(14)12-8(2)9(3)15(4)13(11)12;2*1-4-9-8(3)15-13-11(16-5-2)7-6-10(14)12(9)13/h5-6,17H,4,7-8,15H2,1-3H3;7-8H,5-6,15H2,1-4H3;6-7H,5,14H2,1-4H3;2*6-7,15H,4-5,14H2,1-3H3. The number of rotatable bonds is 15. The molecular formula is C67H94N10O6. The van der Waals surface area contributed by atoms with Gasteiger partial charge in [-0.2, -0.15) is 0 Å². The third kappa shape index (κ3) is 12.7. The number of aliphatic hydroxyl groups excluding tert-OH is 1. The maximum Gasteiger partial charge on any atom is 0.143 e. The maximum absolute atomic E-state index is 9.21. The maximum atomic E-state index is 9.21. The fourth-order valence-corrected chi connectivity index (χ4v) is 11.6. The van der Waals surface area contributed by atoms with Gasteiger partial charge < -0.3 is 81.1 Å². The summed E-state index contributed by atoms with van der Waals surface area (Å²) in [4.78, 5) is 6.73. The molecule has 0 spiro atoms. The van der Waals surface area contributed by atoms with Crippen molar-refractivity contribution in [1.82, 2.24) is 23.7 Å². The van der Waals surface area contributed by atoms with Crippen LogP contribution in [0.15, 0.2) is 60.7 Å². The number of nitrogens with one attached hydrogen (secondary N) is 2. The Kier molecular flexibility index (Phi) is 21.7. The summed E-state index contributed by atoms with van der Waals surface area (Å²) in [6.45, 7) is 34.9. The third-order valence-corrected chi connectivity index (χ3v) is 15.9. The third-order valence-electron chi connectivity index (χ3n) is 15.9. The number of nitrogens with zero attached hydrogens (tertiary/aromatic N) is 3. The number of nitrogens with two attached hydrogens (primary N) is 5. The normalized spacial score (nSPS) is 11.0. The number of aromatic amines is 2. The number of H-pyrrole nitrogens is 2. The number of nitrogen functional groups attached to an aromatic ring is 5. The summed E-state index contributed by atoms with van der Waals surface area (Å²) >= 11 is 0. The van der Waals surface area contributed by atoms with Crippen LogP contribution in [0.3, 0.4) is 0 Å². The quantitative estimate of drug-likeness (QED) is 0.0449. The van der Waals surface area contributed by atoms with Gasteiger partial charge >= 0.3 is 0 Å². The molecule has 83 heavy (non-hydrogen) atoms. The Morgan fingerprint density at radius 2 is 0.699 bits per heavy atom. The largest absolute Gasteiger partial charge is 0.492 e. The zero-order valence-electron chi connectivity index (χ0n) is 52.6. The van der Waals surface area contributed by atoms with Gasteiger partial charge in [0.25, 0.3) is 0 Å². The highest BCUT2D eigenvalue weighted by Gasteiger charge is 2.20. The smallest absolute Gasteiger partial charge is 0.143 e. The molecule has 0 saturated carbocycles. The lowest BCUT2D eigenvalue weighted by Gasteiger charge is -2.11. The van der Waals surface area contributed by atoms with Crippen LogP contribution in [0.4, 0.5) is 28.4 Å². The summed E-state index contributed by atoms with van der Waals surface area (Å²) in [7, 11) is 4.12. The van der Waals surface area contributed by atoms with E-state index in [0.717, 1.165) is 142 Å². The number of ether oxygens (including phenoxy) is 5. The predicted molar refractivity (Wildman–Crippen MR) is 351 cm³/mol. The highest BCUT2D eigenvalue weighted by Crippen LogP contribution is 2.40. The van der Waals surface area contributed by atoms with Crippen molar-refractivity contribution in [2.45, 2.75) is 130 Å². The van der Waals surface area contributed by atoms with E-state index in [1.807, 2.05) is 109 Å². The van der Waals surface area contributed by atoms with Gasteiger partial charge in [-0.1, -0.05) is 20.8 Å². The minimum Gasteiger partial charge on any atom is -0.492 e. The molecule has 10 aromatic rings. The Morgan fingerprint density at radius 3 is 1.08 bits per heavy atom. The molecule has 5 heterocycles. The van der Waals surface area contributed by atoms with E-state index in [1.54, 1.807) is 0 Å². The van der Waals surface area contributed by atoms with E-state index in [4.69, 9.17) is 52.4 Å². The molecule has 16 nitrogen and oxygen atoms in total. The van der Waals surface area contributed by atoms with E-state index in [2.05, 4.69) is 93.0 Å². The van der Waals surface area contributed by atoms with E-state index >= 15 is 0 Å². The summed E-state index contributed by atoms with van der Waals surface area (Å²) in [5, 5.41) is 14.7. The number of aryl methyl sites for hydroxylation is 9. The van der Waals surface area contributed by atoms with Gasteiger partial charge in [-0.05, 0) is 191 Å². The molecule has 448 valence electrons. The van der Waals surface area contributed by atoms with E-state index in [-0.39, 0.29) is 6.61 Å². The molecule has 13 N–H and O–H groups in total. The van der Waals surface area contributed by atoms with Gasteiger partial charge in [0.15, 0.2) is 0 Å². The van der Waals surface area contributed by atoms with Crippen molar-refractivity contribution in [3.63, 3.8) is 0 Å². The van der Waals surface area contributed by atoms with Crippen molar-refractivity contribution >= 4 is 83.0 Å². The van der Waals surface area contributed by atoms with Gasteiger partial charge in [0.2, 0.25) is 0 Å². The Bertz CT molecular complexity index is 3760. The highest BCUT2D eigenvalue weighted by atomic mass is 16.5. The first-order valence-corrected chi connectivity index (χ1v) is 29.3. The van der Waals surface area contributed by atoms with Crippen LogP contribution < -0.4 is 52.4 Å². The van der Waals surface area contributed by atoms with Crippen LogP contribution in [0.2, 0.25) is 0 Å². The average molecular weight is 1140 g/mol. The zero-order valence-corrected chi connectivity index (χ0v) is 52.6. The van der Waals surface area contributed by atoms with Crippen LogP contribution in [-0.4, -0.2) is 68.4 Å². The van der Waals surface area contributed by atoms with Gasteiger partial charge in [0, 0.05) is 104 Å². The molecule has 10 rings (SSSR count). The lowest BCUT2D eigenvalue weighted by atomic mass is 10.1. The molecule has 0 aliphatic rings. The molecule has 0 aliphatic carbocycles. The molecule has 0 atom stereocenters. The molecule has 0 unspecified atom stereocenters. The highest BCUT2D eigenvalue weighted by molar-refractivity contribution is 6.02. The number of anilines is 5. The van der Waals surface area contributed by atoms with Crippen molar-refractivity contribution in [3.05, 3.63) is 117 Å². The summed E-state index contributed by atoms with van der Waals surface area (Å²) < 4.78 is 34.6. The second-order valence-corrected chi connectivity index (χ2v) is 20.6. The second kappa shape index (κ2) is 28.2. The Morgan fingerprint density at radius 1 is 0.386 bits per heavy atom. The van der Waals surface area contributed by atoms with E-state index < -0.39 is 0 Å². The van der Waals surface area contributed by atoms with Gasteiger partial charge in [0.05, 0.1) is 67.2 Å². The monoisotopic (exact) mass is 1130 g/mol. The fourth-order valence-electron chi connectivity index (χ4n) is 11.6. The summed E-state index contributed by atoms with van der Waals surface area (Å²) in [5.41, 5.74) is 51.8. The molecule has 0 fully saturated rings. The van der Waals surface area contributed by atoms with Crippen LogP contribution in [0.25, 0.3) is 54.5 Å². The van der Waals surface area contributed by atoms with Crippen LogP contribution in [-0.2, 0) is 39.9 Å². The topological polar surface area (TPSA) is 243 Å². The number of benzene rings is 5. The van der Waals surface area contributed by atoms with Crippen molar-refractivity contribution < 1.29 is 28.8 Å². The summed E-state index contributed by atoms with van der Waals surface area (Å²) in [5.74, 6) is 4.42. The SMILES string of the molecule is CCOc1ccc(N)c2c(C)c(C)n(C)c12.CCOc1ccc(N)c2c(C)c(C)n(CCO)c12.CCOc1ccc(N)c2c(CC)c(C)[nH]c12.CCOc1ccc(N)c2c(CC)c(C)[nH]c12.CCOc1ccc(N)c2c(CC)c(C)n(C)c12. The van der Waals surface area contributed by atoms with Crippen molar-refractivity contribution in [2.75, 3.05) is 68.3 Å². The molecular weight excluding hydrogens is 1040 g/mol. The Labute approximate surface area is 491 Å². The van der Waals surface area contributed by atoms with E-state index in [9.17, 15) is 5.11 Å². The van der Waals surface area contributed by atoms with Gasteiger partial charge in [-0.3, -0.25) is 0 Å². The molecule has 5 aromatic carbocycles. The van der Waals surface area contributed by atoms with E-state index in [0.29, 0.717) is 39.6 Å². The van der Waals surface area contributed by atoms with Crippen LogP contribution in [0.1, 0.15) is 112 Å². The fraction of sp³-hybridized carbons (Fsp3) is 0.403. The molecule has 0 amide bonds. The molecule has 0 saturated heterocycles. The van der Waals surface area contributed by atoms with Crippen molar-refractivity contribution in [1.29, 1.82) is 0 Å². The number of aromatic nitrogens is 5. The number of fused-ring (bicyclic) bond motifs is 5. The van der Waals surface area contributed by atoms with Gasteiger partial charge in [-0.15, -0.1) is 0 Å². The Hall–Kier alpha value is -8.24.